The molecule has 1 aliphatic rings. The number of halogens is 1. The van der Waals surface area contributed by atoms with Crippen LogP contribution in [0.2, 0.25) is 5.02 Å². The van der Waals surface area contributed by atoms with Gasteiger partial charge in [0.05, 0.1) is 11.4 Å². The minimum atomic E-state index is -3.63. The molecular formula is C25H23ClN2O2S. The van der Waals surface area contributed by atoms with E-state index in [4.69, 9.17) is 11.6 Å². The van der Waals surface area contributed by atoms with Crippen molar-refractivity contribution in [3.63, 3.8) is 0 Å². The lowest BCUT2D eigenvalue weighted by molar-refractivity contribution is 0.364. The van der Waals surface area contributed by atoms with Crippen molar-refractivity contribution in [2.75, 3.05) is 6.54 Å². The Morgan fingerprint density at radius 2 is 1.61 bits per heavy atom. The van der Waals surface area contributed by atoms with Gasteiger partial charge in [0, 0.05) is 41.1 Å². The van der Waals surface area contributed by atoms with E-state index in [1.165, 1.54) is 10.9 Å². The van der Waals surface area contributed by atoms with Crippen LogP contribution in [-0.2, 0) is 23.6 Å². The predicted molar refractivity (Wildman–Crippen MR) is 125 cm³/mol. The standard InChI is InChI=1S/C25H23ClN2O2S/c1-17-7-13-20(14-8-17)31(29,30)28-15-22(18-9-11-19(26)12-10-18)25-21-5-3-4-6-23(21)27(2)24(25)16-28/h3-14,22H,15-16H2,1-2H3. The van der Waals surface area contributed by atoms with E-state index in [2.05, 4.69) is 16.7 Å². The van der Waals surface area contributed by atoms with Crippen LogP contribution in [0.5, 0.6) is 0 Å². The zero-order chi connectivity index (χ0) is 21.8. The Balaban J connectivity index is 1.69. The Morgan fingerprint density at radius 1 is 0.935 bits per heavy atom. The number of fused-ring (bicyclic) bond motifs is 3. The number of nitrogens with zero attached hydrogens (tertiary/aromatic N) is 2. The Labute approximate surface area is 187 Å². The number of aromatic nitrogens is 1. The molecule has 1 unspecified atom stereocenters. The average Bonchev–Trinajstić information content (AvgIpc) is 3.07. The summed E-state index contributed by atoms with van der Waals surface area (Å²) in [5.74, 6) is -0.0765. The van der Waals surface area contributed by atoms with E-state index in [9.17, 15) is 8.42 Å². The lowest BCUT2D eigenvalue weighted by Gasteiger charge is -2.33. The first-order valence-electron chi connectivity index (χ1n) is 10.2. The van der Waals surface area contributed by atoms with Crippen LogP contribution in [0, 0.1) is 6.92 Å². The van der Waals surface area contributed by atoms with Crippen LogP contribution in [0.25, 0.3) is 10.9 Å². The zero-order valence-corrected chi connectivity index (χ0v) is 19.0. The van der Waals surface area contributed by atoms with Gasteiger partial charge in [-0.25, -0.2) is 8.42 Å². The van der Waals surface area contributed by atoms with Gasteiger partial charge in [0.1, 0.15) is 0 Å². The summed E-state index contributed by atoms with van der Waals surface area (Å²) in [5.41, 5.74) is 5.44. The van der Waals surface area contributed by atoms with Crippen molar-refractivity contribution in [2.45, 2.75) is 24.3 Å². The first-order valence-corrected chi connectivity index (χ1v) is 12.1. The summed E-state index contributed by atoms with van der Waals surface area (Å²) in [6.45, 7) is 2.69. The summed E-state index contributed by atoms with van der Waals surface area (Å²) in [6.07, 6.45) is 0. The summed E-state index contributed by atoms with van der Waals surface area (Å²) >= 11 is 6.13. The van der Waals surface area contributed by atoms with Crippen LogP contribution in [0.15, 0.2) is 77.7 Å². The third-order valence-corrected chi connectivity index (χ3v) is 8.34. The molecule has 4 aromatic rings. The van der Waals surface area contributed by atoms with Crippen molar-refractivity contribution in [1.82, 2.24) is 8.87 Å². The molecule has 31 heavy (non-hydrogen) atoms. The summed E-state index contributed by atoms with van der Waals surface area (Å²) in [7, 11) is -1.61. The van der Waals surface area contributed by atoms with Crippen LogP contribution in [0.4, 0.5) is 0 Å². The number of aryl methyl sites for hydroxylation is 2. The minimum absolute atomic E-state index is 0.0765. The molecule has 1 aliphatic heterocycles. The van der Waals surface area contributed by atoms with Gasteiger partial charge < -0.3 is 4.57 Å². The Kier molecular flexibility index (Phi) is 4.93. The van der Waals surface area contributed by atoms with Crippen molar-refractivity contribution >= 4 is 32.5 Å². The van der Waals surface area contributed by atoms with E-state index in [0.717, 1.165) is 22.3 Å². The molecule has 0 saturated carbocycles. The molecule has 0 fully saturated rings. The highest BCUT2D eigenvalue weighted by molar-refractivity contribution is 7.89. The second-order valence-corrected chi connectivity index (χ2v) is 10.5. The Morgan fingerprint density at radius 3 is 2.32 bits per heavy atom. The van der Waals surface area contributed by atoms with Gasteiger partial charge in [-0.2, -0.15) is 4.31 Å². The molecular weight excluding hydrogens is 428 g/mol. The fourth-order valence-corrected chi connectivity index (χ4v) is 6.13. The van der Waals surface area contributed by atoms with Crippen molar-refractivity contribution in [2.24, 2.45) is 7.05 Å². The molecule has 6 heteroatoms. The number of hydrogen-bond donors (Lipinski definition) is 0. The van der Waals surface area contributed by atoms with Crippen molar-refractivity contribution in [1.29, 1.82) is 0 Å². The number of hydrogen-bond acceptors (Lipinski definition) is 2. The van der Waals surface area contributed by atoms with Crippen LogP contribution in [0.1, 0.15) is 28.3 Å². The molecule has 158 valence electrons. The Hall–Kier alpha value is -2.60. The molecule has 1 aromatic heterocycles. The van der Waals surface area contributed by atoms with Crippen LogP contribution in [0.3, 0.4) is 0 Å². The third kappa shape index (κ3) is 3.37. The lowest BCUT2D eigenvalue weighted by atomic mass is 9.87. The highest BCUT2D eigenvalue weighted by Crippen LogP contribution is 2.41. The second kappa shape index (κ2) is 7.52. The van der Waals surface area contributed by atoms with Gasteiger partial charge in [0.2, 0.25) is 10.0 Å². The smallest absolute Gasteiger partial charge is 0.243 e. The first kappa shape index (κ1) is 20.3. The van der Waals surface area contributed by atoms with Gasteiger partial charge in [0.15, 0.2) is 0 Å². The summed E-state index contributed by atoms with van der Waals surface area (Å²) in [5, 5.41) is 1.84. The molecule has 0 aliphatic carbocycles. The van der Waals surface area contributed by atoms with E-state index < -0.39 is 10.0 Å². The molecule has 3 aromatic carbocycles. The molecule has 1 atom stereocenters. The van der Waals surface area contributed by atoms with E-state index in [1.807, 2.05) is 62.5 Å². The fraction of sp³-hybridized carbons (Fsp3) is 0.200. The van der Waals surface area contributed by atoms with Crippen LogP contribution < -0.4 is 0 Å². The fourth-order valence-electron chi connectivity index (χ4n) is 4.59. The van der Waals surface area contributed by atoms with Crippen molar-refractivity contribution in [3.8, 4) is 0 Å². The van der Waals surface area contributed by atoms with Crippen LogP contribution in [-0.4, -0.2) is 23.8 Å². The summed E-state index contributed by atoms with van der Waals surface area (Å²) in [4.78, 5) is 0.329. The number of benzene rings is 3. The zero-order valence-electron chi connectivity index (χ0n) is 17.4. The maximum atomic E-state index is 13.6. The predicted octanol–water partition coefficient (Wildman–Crippen LogP) is 5.48. The topological polar surface area (TPSA) is 42.3 Å². The second-order valence-electron chi connectivity index (χ2n) is 8.15. The van der Waals surface area contributed by atoms with Gasteiger partial charge >= 0.3 is 0 Å². The van der Waals surface area contributed by atoms with E-state index >= 15 is 0 Å². The molecule has 0 spiro atoms. The Bertz CT molecular complexity index is 1370. The maximum Gasteiger partial charge on any atom is 0.243 e. The molecule has 0 radical (unpaired) electrons. The van der Waals surface area contributed by atoms with E-state index in [-0.39, 0.29) is 5.92 Å². The minimum Gasteiger partial charge on any atom is -0.346 e. The van der Waals surface area contributed by atoms with E-state index in [1.54, 1.807) is 16.4 Å². The number of rotatable bonds is 3. The molecule has 5 rings (SSSR count). The third-order valence-electron chi connectivity index (χ3n) is 6.26. The largest absolute Gasteiger partial charge is 0.346 e. The number of para-hydroxylation sites is 1. The monoisotopic (exact) mass is 450 g/mol. The quantitative estimate of drug-likeness (QED) is 0.415. The van der Waals surface area contributed by atoms with Gasteiger partial charge in [-0.15, -0.1) is 0 Å². The van der Waals surface area contributed by atoms with Gasteiger partial charge in [-0.1, -0.05) is 59.6 Å². The van der Waals surface area contributed by atoms with Crippen LogP contribution >= 0.6 is 11.6 Å². The molecule has 2 heterocycles. The highest BCUT2D eigenvalue weighted by atomic mass is 35.5. The molecule has 0 bridgehead atoms. The summed E-state index contributed by atoms with van der Waals surface area (Å²) in [6, 6.07) is 23.1. The SMILES string of the molecule is Cc1ccc(S(=O)(=O)N2Cc3c(c4ccccc4n3C)C(c3ccc(Cl)cc3)C2)cc1. The first-order chi connectivity index (χ1) is 14.9. The maximum absolute atomic E-state index is 13.6. The molecule has 0 saturated heterocycles. The van der Waals surface area contributed by atoms with Gasteiger partial charge in [0.25, 0.3) is 0 Å². The van der Waals surface area contributed by atoms with Gasteiger partial charge in [-0.05, 0) is 48.4 Å². The van der Waals surface area contributed by atoms with Crippen molar-refractivity contribution < 1.29 is 8.42 Å². The highest BCUT2D eigenvalue weighted by Gasteiger charge is 2.37. The van der Waals surface area contributed by atoms with Crippen molar-refractivity contribution in [3.05, 3.63) is 100 Å². The molecule has 4 nitrogen and oxygen atoms in total. The van der Waals surface area contributed by atoms with Gasteiger partial charge in [-0.3, -0.25) is 0 Å². The number of sulfonamides is 1. The lowest BCUT2D eigenvalue weighted by Crippen LogP contribution is -2.39. The molecule has 0 N–H and O–H groups in total. The normalized spacial score (nSPS) is 17.1. The average molecular weight is 451 g/mol. The van der Waals surface area contributed by atoms with E-state index in [0.29, 0.717) is 23.0 Å². The molecule has 0 amide bonds. The summed E-state index contributed by atoms with van der Waals surface area (Å²) < 4.78 is 30.9.